The van der Waals surface area contributed by atoms with Crippen molar-refractivity contribution in [2.75, 3.05) is 19.7 Å². The second-order valence-corrected chi connectivity index (χ2v) is 6.61. The molecule has 6 nitrogen and oxygen atoms in total. The van der Waals surface area contributed by atoms with Gasteiger partial charge in [-0.1, -0.05) is 23.7 Å². The zero-order valence-corrected chi connectivity index (χ0v) is 14.9. The summed E-state index contributed by atoms with van der Waals surface area (Å²) in [5.41, 5.74) is 0.988. The van der Waals surface area contributed by atoms with E-state index >= 15 is 0 Å². The van der Waals surface area contributed by atoms with Gasteiger partial charge >= 0.3 is 0 Å². The fourth-order valence-corrected chi connectivity index (χ4v) is 3.07. The van der Waals surface area contributed by atoms with Crippen LogP contribution in [0.4, 0.5) is 0 Å². The maximum absolute atomic E-state index is 12.2. The number of halogens is 1. The molecule has 2 aromatic rings. The second-order valence-electron chi connectivity index (χ2n) is 6.20. The molecule has 2 N–H and O–H groups in total. The number of rotatable bonds is 6. The Bertz CT molecular complexity index is 770. The van der Waals surface area contributed by atoms with Gasteiger partial charge in [0.1, 0.15) is 0 Å². The lowest BCUT2D eigenvalue weighted by atomic mass is 10.1. The van der Waals surface area contributed by atoms with Gasteiger partial charge in [0.2, 0.25) is 0 Å². The van der Waals surface area contributed by atoms with Gasteiger partial charge in [-0.05, 0) is 30.7 Å². The first-order valence-corrected chi connectivity index (χ1v) is 8.84. The van der Waals surface area contributed by atoms with Gasteiger partial charge in [0.05, 0.1) is 28.9 Å². The highest BCUT2D eigenvalue weighted by Gasteiger charge is 2.26. The number of hydrogen-bond donors (Lipinski definition) is 2. The number of amides is 2. The van der Waals surface area contributed by atoms with Crippen LogP contribution in [0.1, 0.15) is 27.1 Å². The number of carbonyl (C=O) groups excluding carboxylic acids is 2. The first-order chi connectivity index (χ1) is 12.6. The fraction of sp³-hybridized carbons (Fsp3) is 0.316. The third-order valence-electron chi connectivity index (χ3n) is 4.25. The van der Waals surface area contributed by atoms with Crippen molar-refractivity contribution in [3.05, 3.63) is 64.9 Å². The number of benzene rings is 1. The molecule has 1 fully saturated rings. The van der Waals surface area contributed by atoms with Crippen molar-refractivity contribution >= 4 is 23.4 Å². The van der Waals surface area contributed by atoms with Crippen molar-refractivity contribution in [2.45, 2.75) is 12.5 Å². The molecular weight excluding hydrogens is 354 g/mol. The summed E-state index contributed by atoms with van der Waals surface area (Å²) in [4.78, 5) is 28.1. The van der Waals surface area contributed by atoms with Crippen LogP contribution in [-0.4, -0.2) is 42.6 Å². The lowest BCUT2D eigenvalue weighted by Gasteiger charge is -2.12. The lowest BCUT2D eigenvalue weighted by Crippen LogP contribution is -2.32. The number of nitrogens with zero attached hydrogens (tertiary/aromatic N) is 1. The molecule has 3 rings (SSSR count). The normalized spacial score (nSPS) is 19.1. The van der Waals surface area contributed by atoms with E-state index in [1.165, 1.54) is 6.20 Å². The summed E-state index contributed by atoms with van der Waals surface area (Å²) in [6.07, 6.45) is 3.87. The molecule has 136 valence electrons. The molecule has 0 spiro atoms. The molecule has 2 atom stereocenters. The van der Waals surface area contributed by atoms with E-state index in [9.17, 15) is 9.59 Å². The summed E-state index contributed by atoms with van der Waals surface area (Å²) in [6, 6.07) is 10.4. The lowest BCUT2D eigenvalue weighted by molar-refractivity contribution is 0.0843. The topological polar surface area (TPSA) is 80.3 Å². The third kappa shape index (κ3) is 4.80. The van der Waals surface area contributed by atoms with Crippen LogP contribution in [0, 0.1) is 5.92 Å². The Balaban J connectivity index is 1.41. The van der Waals surface area contributed by atoms with Gasteiger partial charge in [0.25, 0.3) is 11.8 Å². The van der Waals surface area contributed by atoms with Crippen molar-refractivity contribution in [1.82, 2.24) is 15.6 Å². The van der Waals surface area contributed by atoms with Gasteiger partial charge in [0.15, 0.2) is 0 Å². The SMILES string of the molecule is O=C(NCC1COC(CNC(=O)c2ccccc2Cl)C1)c1cccnc1. The van der Waals surface area contributed by atoms with Crippen LogP contribution < -0.4 is 10.6 Å². The van der Waals surface area contributed by atoms with E-state index < -0.39 is 0 Å². The minimum Gasteiger partial charge on any atom is -0.376 e. The van der Waals surface area contributed by atoms with E-state index in [4.69, 9.17) is 16.3 Å². The molecule has 26 heavy (non-hydrogen) atoms. The predicted octanol–water partition coefficient (Wildman–Crippen LogP) is 2.30. The average molecular weight is 374 g/mol. The van der Waals surface area contributed by atoms with E-state index in [1.54, 1.807) is 42.6 Å². The van der Waals surface area contributed by atoms with Gasteiger partial charge in [-0.25, -0.2) is 0 Å². The van der Waals surface area contributed by atoms with E-state index in [1.807, 2.05) is 0 Å². The molecule has 7 heteroatoms. The summed E-state index contributed by atoms with van der Waals surface area (Å²) in [5, 5.41) is 6.17. The summed E-state index contributed by atoms with van der Waals surface area (Å²) < 4.78 is 5.71. The standard InChI is InChI=1S/C19H20ClN3O3/c20-17-6-2-1-5-16(17)19(25)23-11-15-8-13(12-26-15)9-22-18(24)14-4-3-7-21-10-14/h1-7,10,13,15H,8-9,11-12H2,(H,22,24)(H,23,25). The van der Waals surface area contributed by atoms with Gasteiger partial charge in [-0.3, -0.25) is 14.6 Å². The van der Waals surface area contributed by atoms with Crippen LogP contribution in [0.15, 0.2) is 48.8 Å². The summed E-state index contributed by atoms with van der Waals surface area (Å²) >= 11 is 6.02. The Kier molecular flexibility index (Phi) is 6.20. The van der Waals surface area contributed by atoms with Crippen molar-refractivity contribution in [3.63, 3.8) is 0 Å². The summed E-state index contributed by atoms with van der Waals surface area (Å²) in [5.74, 6) is -0.140. The number of ether oxygens (including phenoxy) is 1. The van der Waals surface area contributed by atoms with E-state index in [2.05, 4.69) is 15.6 Å². The number of nitrogens with one attached hydrogen (secondary N) is 2. The van der Waals surface area contributed by atoms with Gasteiger partial charge in [0, 0.05) is 31.4 Å². The highest BCUT2D eigenvalue weighted by Crippen LogP contribution is 2.19. The molecule has 0 bridgehead atoms. The quantitative estimate of drug-likeness (QED) is 0.814. The largest absolute Gasteiger partial charge is 0.376 e. The van der Waals surface area contributed by atoms with Crippen molar-refractivity contribution < 1.29 is 14.3 Å². The number of aromatic nitrogens is 1. The molecule has 2 unspecified atom stereocenters. The minimum atomic E-state index is -0.215. The van der Waals surface area contributed by atoms with Crippen LogP contribution >= 0.6 is 11.6 Å². The smallest absolute Gasteiger partial charge is 0.252 e. The van der Waals surface area contributed by atoms with Crippen LogP contribution in [0.2, 0.25) is 5.02 Å². The number of pyridine rings is 1. The van der Waals surface area contributed by atoms with Gasteiger partial charge in [-0.2, -0.15) is 0 Å². The van der Waals surface area contributed by atoms with Crippen LogP contribution in [0.5, 0.6) is 0 Å². The Hall–Kier alpha value is -2.44. The molecule has 0 saturated carbocycles. The van der Waals surface area contributed by atoms with Gasteiger partial charge in [-0.15, -0.1) is 0 Å². The first kappa shape index (κ1) is 18.4. The molecule has 1 aromatic heterocycles. The maximum Gasteiger partial charge on any atom is 0.252 e. The molecule has 1 aromatic carbocycles. The Labute approximate surface area is 156 Å². The zero-order chi connectivity index (χ0) is 18.4. The van der Waals surface area contributed by atoms with Crippen molar-refractivity contribution in [1.29, 1.82) is 0 Å². The number of carbonyl (C=O) groups is 2. The Morgan fingerprint density at radius 1 is 1.12 bits per heavy atom. The fourth-order valence-electron chi connectivity index (χ4n) is 2.85. The zero-order valence-electron chi connectivity index (χ0n) is 14.2. The Morgan fingerprint density at radius 3 is 2.69 bits per heavy atom. The third-order valence-corrected chi connectivity index (χ3v) is 4.58. The summed E-state index contributed by atoms with van der Waals surface area (Å²) in [6.45, 7) is 1.50. The maximum atomic E-state index is 12.2. The second kappa shape index (κ2) is 8.78. The van der Waals surface area contributed by atoms with Crippen LogP contribution in [-0.2, 0) is 4.74 Å². The monoisotopic (exact) mass is 373 g/mol. The van der Waals surface area contributed by atoms with Gasteiger partial charge < -0.3 is 15.4 Å². The average Bonchev–Trinajstić information content (AvgIpc) is 3.13. The molecule has 0 aliphatic carbocycles. The van der Waals surface area contributed by atoms with Crippen molar-refractivity contribution in [2.24, 2.45) is 5.92 Å². The Morgan fingerprint density at radius 2 is 1.92 bits per heavy atom. The number of hydrogen-bond acceptors (Lipinski definition) is 4. The van der Waals surface area contributed by atoms with Crippen LogP contribution in [0.3, 0.4) is 0 Å². The first-order valence-electron chi connectivity index (χ1n) is 8.46. The van der Waals surface area contributed by atoms with Crippen molar-refractivity contribution in [3.8, 4) is 0 Å². The van der Waals surface area contributed by atoms with Crippen LogP contribution in [0.25, 0.3) is 0 Å². The molecule has 0 radical (unpaired) electrons. The highest BCUT2D eigenvalue weighted by atomic mass is 35.5. The molecule has 1 aliphatic heterocycles. The molecule has 1 saturated heterocycles. The minimum absolute atomic E-state index is 0.0678. The van der Waals surface area contributed by atoms with E-state index in [0.29, 0.717) is 35.8 Å². The molecule has 2 amide bonds. The van der Waals surface area contributed by atoms with E-state index in [0.717, 1.165) is 6.42 Å². The molecule has 2 heterocycles. The molecule has 1 aliphatic rings. The summed E-state index contributed by atoms with van der Waals surface area (Å²) in [7, 11) is 0. The van der Waals surface area contributed by atoms with E-state index in [-0.39, 0.29) is 23.8 Å². The highest BCUT2D eigenvalue weighted by molar-refractivity contribution is 6.33. The predicted molar refractivity (Wildman–Crippen MR) is 98.2 cm³/mol. The molecular formula is C19H20ClN3O3.